The second-order valence-electron chi connectivity index (χ2n) is 8.46. The monoisotopic (exact) mass is 461 g/mol. The predicted octanol–water partition coefficient (Wildman–Crippen LogP) is 3.83. The van der Waals surface area contributed by atoms with Crippen molar-refractivity contribution < 1.29 is 14.3 Å². The Bertz CT molecular complexity index is 1360. The highest BCUT2D eigenvalue weighted by molar-refractivity contribution is 5.90. The highest BCUT2D eigenvalue weighted by atomic mass is 19.1. The smallest absolute Gasteiger partial charge is 0.336 e. The summed E-state index contributed by atoms with van der Waals surface area (Å²) >= 11 is 0. The van der Waals surface area contributed by atoms with Crippen molar-refractivity contribution in [2.45, 2.75) is 39.2 Å². The van der Waals surface area contributed by atoms with Crippen LogP contribution in [-0.2, 0) is 6.42 Å². The predicted molar refractivity (Wildman–Crippen MR) is 124 cm³/mol. The summed E-state index contributed by atoms with van der Waals surface area (Å²) in [4.78, 5) is 26.9. The number of benzene rings is 1. The minimum absolute atomic E-state index is 0.0636. The number of anilines is 1. The third kappa shape index (κ3) is 3.85. The van der Waals surface area contributed by atoms with Gasteiger partial charge in [0.25, 0.3) is 0 Å². The Balaban J connectivity index is 1.36. The van der Waals surface area contributed by atoms with Crippen molar-refractivity contribution in [2.75, 3.05) is 18.0 Å². The van der Waals surface area contributed by atoms with E-state index in [9.17, 15) is 14.3 Å². The van der Waals surface area contributed by atoms with Gasteiger partial charge in [-0.3, -0.25) is 4.98 Å². The number of rotatable bonds is 5. The molecule has 34 heavy (non-hydrogen) atoms. The average Bonchev–Trinajstić information content (AvgIpc) is 3.29. The molecule has 4 heterocycles. The number of carboxylic acids is 1. The molecule has 3 aromatic heterocycles. The van der Waals surface area contributed by atoms with Gasteiger partial charge in [-0.15, -0.1) is 5.10 Å². The van der Waals surface area contributed by atoms with Crippen molar-refractivity contribution in [2.24, 2.45) is 0 Å². The number of pyridine rings is 1. The van der Waals surface area contributed by atoms with Crippen LogP contribution in [0.1, 0.15) is 47.3 Å². The molecule has 1 aliphatic heterocycles. The quantitative estimate of drug-likeness (QED) is 0.477. The number of hydrogen-bond donors (Lipinski definition) is 1. The van der Waals surface area contributed by atoms with E-state index >= 15 is 0 Å². The van der Waals surface area contributed by atoms with Crippen molar-refractivity contribution >= 4 is 23.0 Å². The molecule has 1 aliphatic rings. The maximum absolute atomic E-state index is 14.9. The Hall–Kier alpha value is -3.95. The van der Waals surface area contributed by atoms with Gasteiger partial charge in [-0.1, -0.05) is 12.1 Å². The zero-order valence-electron chi connectivity index (χ0n) is 18.9. The van der Waals surface area contributed by atoms with Crippen molar-refractivity contribution in [1.82, 2.24) is 29.9 Å². The molecule has 1 fully saturated rings. The van der Waals surface area contributed by atoms with Gasteiger partial charge in [0.05, 0.1) is 23.5 Å². The molecule has 5 rings (SSSR count). The van der Waals surface area contributed by atoms with Crippen molar-refractivity contribution in [3.05, 3.63) is 59.3 Å². The van der Waals surface area contributed by atoms with Gasteiger partial charge in [0, 0.05) is 31.0 Å². The standard InChI is InChI=1S/C24H24FN7O2/c1-3-15-11-27-24(28-12-15)31-8-6-16(7-9-31)32-21-13-26-19(10-20(21)29-30-32)18-5-4-17(23(33)34)14(2)22(18)25/h4-5,10-13,16H,3,6-9H2,1-2H3,(H,33,34). The van der Waals surface area contributed by atoms with Crippen LogP contribution in [0.15, 0.2) is 36.8 Å². The Labute approximate surface area is 195 Å². The minimum atomic E-state index is -1.16. The van der Waals surface area contributed by atoms with Crippen LogP contribution in [0, 0.1) is 12.7 Å². The van der Waals surface area contributed by atoms with Gasteiger partial charge >= 0.3 is 5.97 Å². The van der Waals surface area contributed by atoms with E-state index in [-0.39, 0.29) is 22.7 Å². The van der Waals surface area contributed by atoms with Gasteiger partial charge in [0.15, 0.2) is 0 Å². The maximum atomic E-state index is 14.9. The van der Waals surface area contributed by atoms with Gasteiger partial charge < -0.3 is 10.0 Å². The number of carbonyl (C=O) groups is 1. The van der Waals surface area contributed by atoms with Crippen LogP contribution in [0.3, 0.4) is 0 Å². The lowest BCUT2D eigenvalue weighted by Crippen LogP contribution is -2.36. The molecule has 4 aromatic rings. The molecule has 0 amide bonds. The third-order valence-electron chi connectivity index (χ3n) is 6.44. The third-order valence-corrected chi connectivity index (χ3v) is 6.44. The van der Waals surface area contributed by atoms with Crippen LogP contribution in [0.25, 0.3) is 22.3 Å². The fraction of sp³-hybridized carbons (Fsp3) is 0.333. The first-order valence-electron chi connectivity index (χ1n) is 11.3. The van der Waals surface area contributed by atoms with Gasteiger partial charge in [-0.2, -0.15) is 0 Å². The van der Waals surface area contributed by atoms with E-state index in [1.165, 1.54) is 19.1 Å². The molecular formula is C24H24FN7O2. The van der Waals surface area contributed by atoms with E-state index in [0.29, 0.717) is 11.2 Å². The lowest BCUT2D eigenvalue weighted by atomic mass is 10.0. The van der Waals surface area contributed by atoms with Crippen LogP contribution in [-0.4, -0.2) is 54.1 Å². The minimum Gasteiger partial charge on any atom is -0.478 e. The van der Waals surface area contributed by atoms with Gasteiger partial charge in [0.1, 0.15) is 16.9 Å². The highest BCUT2D eigenvalue weighted by Crippen LogP contribution is 2.30. The summed E-state index contributed by atoms with van der Waals surface area (Å²) in [6, 6.07) is 4.69. The molecule has 10 heteroatoms. The van der Waals surface area contributed by atoms with Crippen molar-refractivity contribution in [1.29, 1.82) is 0 Å². The summed E-state index contributed by atoms with van der Waals surface area (Å²) in [5, 5.41) is 17.9. The molecular weight excluding hydrogens is 437 g/mol. The maximum Gasteiger partial charge on any atom is 0.336 e. The molecule has 0 bridgehead atoms. The second-order valence-corrected chi connectivity index (χ2v) is 8.46. The molecule has 0 atom stereocenters. The van der Waals surface area contributed by atoms with E-state index in [4.69, 9.17) is 0 Å². The molecule has 0 saturated carbocycles. The van der Waals surface area contributed by atoms with Gasteiger partial charge in [-0.25, -0.2) is 23.8 Å². The normalized spacial score (nSPS) is 14.6. The fourth-order valence-corrected chi connectivity index (χ4v) is 4.37. The first-order chi connectivity index (χ1) is 16.5. The number of fused-ring (bicyclic) bond motifs is 1. The summed E-state index contributed by atoms with van der Waals surface area (Å²) in [6.07, 6.45) is 8.05. The average molecular weight is 462 g/mol. The number of nitrogens with zero attached hydrogens (tertiary/aromatic N) is 7. The van der Waals surface area contributed by atoms with Gasteiger partial charge in [0.2, 0.25) is 5.95 Å². The lowest BCUT2D eigenvalue weighted by molar-refractivity contribution is 0.0695. The molecule has 0 radical (unpaired) electrons. The van der Waals surface area contributed by atoms with E-state index in [1.54, 1.807) is 12.3 Å². The molecule has 1 N–H and O–H groups in total. The number of piperidine rings is 1. The number of carboxylic acid groups (broad SMARTS) is 1. The van der Waals surface area contributed by atoms with E-state index in [2.05, 4.69) is 37.1 Å². The summed E-state index contributed by atoms with van der Waals surface area (Å²) in [5.74, 6) is -1.01. The van der Waals surface area contributed by atoms with Crippen LogP contribution in [0.4, 0.5) is 10.3 Å². The van der Waals surface area contributed by atoms with Gasteiger partial charge in [-0.05, 0) is 55.5 Å². The Morgan fingerprint density at radius 2 is 1.88 bits per heavy atom. The van der Waals surface area contributed by atoms with Crippen molar-refractivity contribution in [3.63, 3.8) is 0 Å². The number of aromatic carboxylic acids is 1. The van der Waals surface area contributed by atoms with E-state index in [0.717, 1.165) is 49.4 Å². The Morgan fingerprint density at radius 1 is 1.15 bits per heavy atom. The second kappa shape index (κ2) is 8.77. The molecule has 9 nitrogen and oxygen atoms in total. The number of aryl methyl sites for hydroxylation is 1. The van der Waals surface area contributed by atoms with E-state index < -0.39 is 11.8 Å². The molecule has 1 saturated heterocycles. The fourth-order valence-electron chi connectivity index (χ4n) is 4.37. The van der Waals surface area contributed by atoms with Crippen molar-refractivity contribution in [3.8, 4) is 11.3 Å². The highest BCUT2D eigenvalue weighted by Gasteiger charge is 2.25. The first-order valence-corrected chi connectivity index (χ1v) is 11.3. The summed E-state index contributed by atoms with van der Waals surface area (Å²) < 4.78 is 16.8. The topological polar surface area (TPSA) is 110 Å². The molecule has 174 valence electrons. The Morgan fingerprint density at radius 3 is 2.56 bits per heavy atom. The van der Waals surface area contributed by atoms with Crippen LogP contribution in [0.2, 0.25) is 0 Å². The molecule has 0 unspecified atom stereocenters. The summed E-state index contributed by atoms with van der Waals surface area (Å²) in [7, 11) is 0. The molecule has 0 spiro atoms. The summed E-state index contributed by atoms with van der Waals surface area (Å²) in [6.45, 7) is 5.15. The van der Waals surface area contributed by atoms with Crippen LogP contribution >= 0.6 is 0 Å². The first kappa shape index (κ1) is 21.9. The largest absolute Gasteiger partial charge is 0.478 e. The van der Waals surface area contributed by atoms with Crippen LogP contribution in [0.5, 0.6) is 0 Å². The number of aromatic nitrogens is 6. The van der Waals surface area contributed by atoms with Crippen LogP contribution < -0.4 is 4.90 Å². The SMILES string of the molecule is CCc1cnc(N2CCC(n3nnc4cc(-c5ccc(C(=O)O)c(C)c5F)ncc43)CC2)nc1. The van der Waals surface area contributed by atoms with E-state index in [1.807, 2.05) is 17.1 Å². The zero-order chi connectivity index (χ0) is 23.8. The molecule has 1 aromatic carbocycles. The lowest BCUT2D eigenvalue weighted by Gasteiger charge is -2.32. The molecule has 0 aliphatic carbocycles. The number of hydrogen-bond acceptors (Lipinski definition) is 7. The number of halogens is 1. The zero-order valence-corrected chi connectivity index (χ0v) is 18.9. The summed E-state index contributed by atoms with van der Waals surface area (Å²) in [5.41, 5.74) is 3.16. The Kier molecular flexibility index (Phi) is 5.64.